The molecule has 27 heavy (non-hydrogen) atoms. The molecule has 0 spiro atoms. The molecule has 2 aliphatic heterocycles. The van der Waals surface area contributed by atoms with Crippen LogP contribution in [0, 0.1) is 0 Å². The Bertz CT molecular complexity index is 956. The van der Waals surface area contributed by atoms with Crippen molar-refractivity contribution in [1.82, 2.24) is 9.80 Å². The molecule has 0 N–H and O–H groups in total. The second-order valence-corrected chi connectivity index (χ2v) is 7.61. The van der Waals surface area contributed by atoms with Crippen molar-refractivity contribution in [2.45, 2.75) is 23.1 Å². The van der Waals surface area contributed by atoms with Crippen LogP contribution >= 0.6 is 11.8 Å². The molecule has 0 aliphatic carbocycles. The van der Waals surface area contributed by atoms with Crippen LogP contribution in [-0.4, -0.2) is 61.5 Å². The van der Waals surface area contributed by atoms with Crippen LogP contribution in [-0.2, 0) is 4.74 Å². The lowest BCUT2D eigenvalue weighted by Gasteiger charge is -2.36. The molecule has 5 heteroatoms. The molecule has 2 heterocycles. The predicted octanol–water partition coefficient (Wildman–Crippen LogP) is 4.27. The third-order valence-electron chi connectivity index (χ3n) is 4.80. The zero-order valence-corrected chi connectivity index (χ0v) is 16.3. The molecule has 1 fully saturated rings. The van der Waals surface area contributed by atoms with Crippen molar-refractivity contribution in [3.8, 4) is 0 Å². The normalized spacial score (nSPS) is 20.3. The Balaban J connectivity index is 1.42. The van der Waals surface area contributed by atoms with E-state index in [-0.39, 0.29) is 6.61 Å². The molecule has 2 aromatic carbocycles. The molecule has 1 saturated heterocycles. The summed E-state index contributed by atoms with van der Waals surface area (Å²) in [5.74, 6) is 1.000. The van der Waals surface area contributed by atoms with E-state index in [4.69, 9.17) is 15.2 Å². The molecule has 4 rings (SSSR count). The second-order valence-electron chi connectivity index (χ2n) is 6.53. The van der Waals surface area contributed by atoms with Gasteiger partial charge >= 0.3 is 0 Å². The third kappa shape index (κ3) is 4.37. The van der Waals surface area contributed by atoms with E-state index >= 15 is 0 Å². The number of hydrogen-bond donors (Lipinski definition) is 0. The third-order valence-corrected chi connectivity index (χ3v) is 5.94. The standard InChI is InChI=1S/C22H27N3OS/c1-2-16-26-17-15-24-11-13-25(14-12-24)22-18-7-3-5-9-20(18)27-21-10-6-4-8-19(21)23-22/h3-10H,2,11-17H2,1H3/i2D2,16D2. The van der Waals surface area contributed by atoms with Gasteiger partial charge in [-0.3, -0.25) is 4.90 Å². The number of amidine groups is 1. The molecular formula is C22H27N3OS. The minimum absolute atomic E-state index is 0.161. The van der Waals surface area contributed by atoms with E-state index in [1.54, 1.807) is 11.8 Å². The minimum Gasteiger partial charge on any atom is -0.380 e. The number of aliphatic imine (C=N–C) groups is 1. The van der Waals surface area contributed by atoms with Gasteiger partial charge in [-0.1, -0.05) is 49.0 Å². The van der Waals surface area contributed by atoms with E-state index in [1.807, 2.05) is 12.1 Å². The summed E-state index contributed by atoms with van der Waals surface area (Å²) >= 11 is 1.75. The summed E-state index contributed by atoms with van der Waals surface area (Å²) in [6.07, 6.45) is -2.04. The fourth-order valence-electron chi connectivity index (χ4n) is 3.39. The fourth-order valence-corrected chi connectivity index (χ4v) is 4.41. The van der Waals surface area contributed by atoms with Crippen LogP contribution in [0.1, 0.15) is 24.3 Å². The van der Waals surface area contributed by atoms with E-state index in [1.165, 1.54) is 11.8 Å². The van der Waals surface area contributed by atoms with Gasteiger partial charge in [0.1, 0.15) is 5.84 Å². The summed E-state index contributed by atoms with van der Waals surface area (Å²) in [6, 6.07) is 16.6. The lowest BCUT2D eigenvalue weighted by atomic mass is 10.1. The molecule has 0 atom stereocenters. The van der Waals surface area contributed by atoms with Gasteiger partial charge < -0.3 is 9.64 Å². The zero-order chi connectivity index (χ0) is 22.1. The van der Waals surface area contributed by atoms with Crippen LogP contribution in [0.2, 0.25) is 0 Å². The highest BCUT2D eigenvalue weighted by molar-refractivity contribution is 7.99. The maximum absolute atomic E-state index is 7.74. The van der Waals surface area contributed by atoms with E-state index in [2.05, 4.69) is 46.2 Å². The van der Waals surface area contributed by atoms with Gasteiger partial charge in [-0.05, 0) is 24.6 Å². The predicted molar refractivity (Wildman–Crippen MR) is 112 cm³/mol. The molecule has 0 amide bonds. The van der Waals surface area contributed by atoms with E-state index in [0.717, 1.165) is 48.2 Å². The summed E-state index contributed by atoms with van der Waals surface area (Å²) in [5, 5.41) is 0. The lowest BCUT2D eigenvalue weighted by Crippen LogP contribution is -2.49. The van der Waals surface area contributed by atoms with E-state index < -0.39 is 12.9 Å². The van der Waals surface area contributed by atoms with Gasteiger partial charge in [0.2, 0.25) is 0 Å². The Labute approximate surface area is 171 Å². The van der Waals surface area contributed by atoms with Crippen molar-refractivity contribution in [3.05, 3.63) is 54.1 Å². The largest absolute Gasteiger partial charge is 0.380 e. The topological polar surface area (TPSA) is 28.1 Å². The number of nitrogens with zero attached hydrogens (tertiary/aromatic N) is 3. The van der Waals surface area contributed by atoms with Gasteiger partial charge in [0.25, 0.3) is 0 Å². The maximum atomic E-state index is 7.74. The quantitative estimate of drug-likeness (QED) is 0.768. The van der Waals surface area contributed by atoms with Crippen molar-refractivity contribution in [2.24, 2.45) is 4.99 Å². The second kappa shape index (κ2) is 8.91. The highest BCUT2D eigenvalue weighted by Gasteiger charge is 2.24. The van der Waals surface area contributed by atoms with E-state index in [0.29, 0.717) is 6.54 Å². The van der Waals surface area contributed by atoms with Gasteiger partial charge in [0.05, 0.1) is 15.0 Å². The molecule has 2 aliphatic rings. The molecule has 142 valence electrons. The Morgan fingerprint density at radius 2 is 1.78 bits per heavy atom. The first-order valence-electron chi connectivity index (χ1n) is 11.3. The average Bonchev–Trinajstić information content (AvgIpc) is 2.90. The molecule has 4 nitrogen and oxygen atoms in total. The monoisotopic (exact) mass is 385 g/mol. The van der Waals surface area contributed by atoms with Crippen LogP contribution < -0.4 is 0 Å². The van der Waals surface area contributed by atoms with Crippen molar-refractivity contribution >= 4 is 23.3 Å². The smallest absolute Gasteiger partial charge is 0.137 e. The van der Waals surface area contributed by atoms with Gasteiger partial charge in [0, 0.05) is 57.4 Å². The highest BCUT2D eigenvalue weighted by Crippen LogP contribution is 2.40. The molecule has 0 bridgehead atoms. The molecule has 2 aromatic rings. The molecule has 0 unspecified atom stereocenters. The summed E-state index contributed by atoms with van der Waals surface area (Å²) in [7, 11) is 0. The number of rotatable bonds is 5. The first-order chi connectivity index (χ1) is 14.7. The first kappa shape index (κ1) is 14.2. The number of benzene rings is 2. The van der Waals surface area contributed by atoms with Crippen LogP contribution in [0.3, 0.4) is 0 Å². The zero-order valence-electron chi connectivity index (χ0n) is 19.5. The molecule has 0 saturated carbocycles. The van der Waals surface area contributed by atoms with Crippen LogP contribution in [0.5, 0.6) is 0 Å². The van der Waals surface area contributed by atoms with Crippen LogP contribution in [0.4, 0.5) is 5.69 Å². The summed E-state index contributed by atoms with van der Waals surface area (Å²) in [4.78, 5) is 12.0. The minimum atomic E-state index is -2.29. The molecular weight excluding hydrogens is 354 g/mol. The summed E-state index contributed by atoms with van der Waals surface area (Å²) < 4.78 is 35.8. The van der Waals surface area contributed by atoms with Crippen molar-refractivity contribution in [1.29, 1.82) is 0 Å². The fraction of sp³-hybridized carbons (Fsp3) is 0.409. The Hall–Kier alpha value is -1.82. The van der Waals surface area contributed by atoms with E-state index in [9.17, 15) is 0 Å². The number of para-hydroxylation sites is 1. The lowest BCUT2D eigenvalue weighted by molar-refractivity contribution is 0.0892. The van der Waals surface area contributed by atoms with Gasteiger partial charge in [0.15, 0.2) is 0 Å². The number of piperazine rings is 1. The Kier molecular flexibility index (Phi) is 4.69. The highest BCUT2D eigenvalue weighted by atomic mass is 32.2. The Morgan fingerprint density at radius 1 is 1.04 bits per heavy atom. The first-order valence-corrected chi connectivity index (χ1v) is 10.1. The van der Waals surface area contributed by atoms with Crippen LogP contribution in [0.25, 0.3) is 0 Å². The Morgan fingerprint density at radius 3 is 2.59 bits per heavy atom. The molecule has 0 aromatic heterocycles. The number of ether oxygens (including phenoxy) is 1. The molecule has 0 radical (unpaired) electrons. The van der Waals surface area contributed by atoms with Gasteiger partial charge in [-0.2, -0.15) is 0 Å². The summed E-state index contributed by atoms with van der Waals surface area (Å²) in [5.41, 5.74) is 2.14. The number of fused-ring (bicyclic) bond motifs is 2. The average molecular weight is 386 g/mol. The van der Waals surface area contributed by atoms with Crippen molar-refractivity contribution < 1.29 is 10.2 Å². The number of hydrogen-bond acceptors (Lipinski definition) is 5. The van der Waals surface area contributed by atoms with Gasteiger partial charge in [-0.25, -0.2) is 4.99 Å². The van der Waals surface area contributed by atoms with Gasteiger partial charge in [-0.15, -0.1) is 0 Å². The SMILES string of the molecule is [2H]C([2H])(C)C([2H])([2H])OCCN1CCN(C2=Nc3ccccc3Sc3ccccc32)CC1. The van der Waals surface area contributed by atoms with Crippen LogP contribution in [0.15, 0.2) is 63.3 Å². The van der Waals surface area contributed by atoms with Crippen molar-refractivity contribution in [2.75, 3.05) is 45.9 Å². The summed E-state index contributed by atoms with van der Waals surface area (Å²) in [6.45, 7) is 2.93. The van der Waals surface area contributed by atoms with Crippen molar-refractivity contribution in [3.63, 3.8) is 0 Å². The maximum Gasteiger partial charge on any atom is 0.137 e.